The van der Waals surface area contributed by atoms with Gasteiger partial charge in [-0.1, -0.05) is 23.2 Å². The fraction of sp³-hybridized carbons (Fsp3) is 0.188. The fourth-order valence-electron chi connectivity index (χ4n) is 2.66. The number of carbonyl (C=O) groups is 1. The van der Waals surface area contributed by atoms with Gasteiger partial charge in [0.2, 0.25) is 5.91 Å². The molecule has 34 heavy (non-hydrogen) atoms. The Kier molecular flexibility index (Phi) is 8.41. The van der Waals surface area contributed by atoms with Crippen molar-refractivity contribution in [3.05, 3.63) is 80.3 Å². The third-order valence-electron chi connectivity index (χ3n) is 4.05. The van der Waals surface area contributed by atoms with Gasteiger partial charge in [0.05, 0.1) is 43.0 Å². The number of rotatable bonds is 11. The number of anilines is 2. The maximum Gasteiger partial charge on any atom is 0.299 e. The van der Waals surface area contributed by atoms with Gasteiger partial charge in [0.15, 0.2) is 0 Å². The number of halogens is 2. The van der Waals surface area contributed by atoms with Crippen molar-refractivity contribution in [3.8, 4) is 0 Å². The Labute approximate surface area is 197 Å². The summed E-state index contributed by atoms with van der Waals surface area (Å²) in [7, 11) is 0. The Morgan fingerprint density at radius 1 is 0.853 bits per heavy atom. The molecule has 0 spiro atoms. The van der Waals surface area contributed by atoms with E-state index >= 15 is 0 Å². The molecule has 0 saturated heterocycles. The predicted octanol–water partition coefficient (Wildman–Crippen LogP) is 3.33. The summed E-state index contributed by atoms with van der Waals surface area (Å²) in [6, 6.07) is 3.39. The minimum absolute atomic E-state index is 0.188. The molecule has 0 saturated carbocycles. The summed E-state index contributed by atoms with van der Waals surface area (Å²) in [6.07, 6.45) is -0.633. The molecule has 0 unspecified atom stereocenters. The highest BCUT2D eigenvalue weighted by molar-refractivity contribution is 6.39. The van der Waals surface area contributed by atoms with Crippen LogP contribution in [-0.4, -0.2) is 38.9 Å². The highest BCUT2D eigenvalue weighted by atomic mass is 35.5. The molecule has 0 aliphatic rings. The van der Waals surface area contributed by atoms with Gasteiger partial charge in [-0.15, -0.1) is 10.1 Å². The Morgan fingerprint density at radius 2 is 1.41 bits per heavy atom. The molecular formula is C16H12Cl2N6O10. The van der Waals surface area contributed by atoms with Gasteiger partial charge in [-0.25, -0.2) is 0 Å². The van der Waals surface area contributed by atoms with Crippen LogP contribution < -0.4 is 10.6 Å². The minimum atomic E-state index is -1.07. The van der Waals surface area contributed by atoms with Crippen LogP contribution in [0.3, 0.4) is 0 Å². The van der Waals surface area contributed by atoms with E-state index in [9.17, 15) is 45.3 Å². The molecule has 0 fully saturated rings. The molecule has 2 N–H and O–H groups in total. The molecule has 18 heteroatoms. The number of carbonyl (C=O) groups excluding carboxylic acids is 1. The first-order valence-electron chi connectivity index (χ1n) is 8.80. The van der Waals surface area contributed by atoms with Gasteiger partial charge < -0.3 is 15.5 Å². The number of nitro groups is 3. The lowest BCUT2D eigenvalue weighted by Crippen LogP contribution is -2.29. The highest BCUT2D eigenvalue weighted by Crippen LogP contribution is 2.41. The van der Waals surface area contributed by atoms with Crippen molar-refractivity contribution in [2.75, 3.05) is 18.5 Å². The summed E-state index contributed by atoms with van der Waals surface area (Å²) in [5.41, 5.74) is -2.76. The van der Waals surface area contributed by atoms with Crippen molar-refractivity contribution in [2.45, 2.75) is 6.42 Å². The number of nitrogens with zero attached hydrogens (tertiary/aromatic N) is 4. The molecule has 0 bridgehead atoms. The maximum atomic E-state index is 12.2. The molecule has 180 valence electrons. The van der Waals surface area contributed by atoms with E-state index in [-0.39, 0.29) is 33.5 Å². The zero-order valence-corrected chi connectivity index (χ0v) is 18.1. The lowest BCUT2D eigenvalue weighted by Gasteiger charge is -2.15. The third kappa shape index (κ3) is 6.59. The van der Waals surface area contributed by atoms with Gasteiger partial charge in [0, 0.05) is 24.7 Å². The molecular weight excluding hydrogens is 507 g/mol. The van der Waals surface area contributed by atoms with Crippen molar-refractivity contribution in [1.82, 2.24) is 5.32 Å². The van der Waals surface area contributed by atoms with Gasteiger partial charge in [0.25, 0.3) is 22.1 Å². The third-order valence-corrected chi connectivity index (χ3v) is 4.65. The number of amides is 1. The van der Waals surface area contributed by atoms with Crippen LogP contribution in [0.25, 0.3) is 0 Å². The van der Waals surface area contributed by atoms with Crippen LogP contribution in [0.1, 0.15) is 5.56 Å². The molecule has 1 amide bonds. The first kappa shape index (κ1) is 25.9. The Morgan fingerprint density at radius 3 is 1.91 bits per heavy atom. The van der Waals surface area contributed by atoms with E-state index in [1.807, 2.05) is 0 Å². The summed E-state index contributed by atoms with van der Waals surface area (Å²) in [5, 5.41) is 47.1. The van der Waals surface area contributed by atoms with E-state index in [0.717, 1.165) is 18.2 Å². The summed E-state index contributed by atoms with van der Waals surface area (Å²) in [4.78, 5) is 57.6. The molecule has 2 aromatic rings. The summed E-state index contributed by atoms with van der Waals surface area (Å²) in [5.74, 6) is -0.800. The van der Waals surface area contributed by atoms with E-state index < -0.39 is 55.9 Å². The fourth-order valence-corrected chi connectivity index (χ4v) is 3.23. The van der Waals surface area contributed by atoms with E-state index in [1.165, 1.54) is 0 Å². The van der Waals surface area contributed by atoms with Gasteiger partial charge in [-0.05, 0) is 5.56 Å². The molecule has 2 aromatic carbocycles. The number of hydrogen-bond donors (Lipinski definition) is 2. The van der Waals surface area contributed by atoms with Crippen LogP contribution in [0.15, 0.2) is 24.3 Å². The molecule has 0 heterocycles. The molecule has 0 aliphatic carbocycles. The monoisotopic (exact) mass is 518 g/mol. The normalized spacial score (nSPS) is 10.3. The van der Waals surface area contributed by atoms with E-state index in [4.69, 9.17) is 23.2 Å². The number of nitrogens with one attached hydrogen (secondary N) is 2. The first-order chi connectivity index (χ1) is 15.9. The Bertz CT molecular complexity index is 1170. The molecule has 0 aliphatic heterocycles. The summed E-state index contributed by atoms with van der Waals surface area (Å²) in [6.45, 7) is -0.771. The van der Waals surface area contributed by atoms with Crippen LogP contribution in [0.2, 0.25) is 10.0 Å². The van der Waals surface area contributed by atoms with Crippen molar-refractivity contribution in [3.63, 3.8) is 0 Å². The average Bonchev–Trinajstić information content (AvgIpc) is 2.73. The number of hydrogen-bond acceptors (Lipinski definition) is 11. The number of nitro benzene ring substituents is 3. The van der Waals surface area contributed by atoms with Crippen LogP contribution >= 0.6 is 23.2 Å². The maximum absolute atomic E-state index is 12.2. The zero-order valence-electron chi connectivity index (χ0n) is 16.6. The second-order valence-electron chi connectivity index (χ2n) is 6.26. The van der Waals surface area contributed by atoms with Crippen LogP contribution in [0, 0.1) is 40.5 Å². The molecule has 0 radical (unpaired) electrons. The first-order valence-corrected chi connectivity index (χ1v) is 9.56. The van der Waals surface area contributed by atoms with Gasteiger partial charge in [-0.3, -0.25) is 35.1 Å². The largest absolute Gasteiger partial charge is 0.354 e. The zero-order chi connectivity index (χ0) is 25.6. The quantitative estimate of drug-likeness (QED) is 0.249. The lowest BCUT2D eigenvalue weighted by atomic mass is 10.1. The number of benzene rings is 2. The summed E-state index contributed by atoms with van der Waals surface area (Å²) < 4.78 is 0. The van der Waals surface area contributed by atoms with Crippen molar-refractivity contribution in [2.24, 2.45) is 0 Å². The van der Waals surface area contributed by atoms with Crippen LogP contribution in [0.4, 0.5) is 28.4 Å². The Balaban J connectivity index is 2.50. The van der Waals surface area contributed by atoms with E-state index in [1.54, 1.807) is 0 Å². The second-order valence-corrected chi connectivity index (χ2v) is 7.08. The topological polar surface area (TPSA) is 223 Å². The van der Waals surface area contributed by atoms with Crippen molar-refractivity contribution >= 4 is 57.5 Å². The standard InChI is InChI=1S/C16H12Cl2N6O10/c17-11-5-10(22(28)29)6-12(18)16(11)20-15-8(4-14(25)19-1-2-34-24(32)33)3-9(21(26)27)7-13(15)23(30)31/h3,5-7,20H,1-2,4H2,(H,19,25). The second kappa shape index (κ2) is 11.0. The lowest BCUT2D eigenvalue weighted by molar-refractivity contribution is -0.757. The Hall–Kier alpha value is -4.31. The predicted molar refractivity (Wildman–Crippen MR) is 116 cm³/mol. The molecule has 0 aromatic heterocycles. The van der Waals surface area contributed by atoms with Crippen LogP contribution in [-0.2, 0) is 16.1 Å². The smallest absolute Gasteiger partial charge is 0.299 e. The minimum Gasteiger partial charge on any atom is -0.354 e. The van der Waals surface area contributed by atoms with E-state index in [0.29, 0.717) is 6.07 Å². The van der Waals surface area contributed by atoms with Gasteiger partial charge in [0.1, 0.15) is 12.3 Å². The molecule has 2 rings (SSSR count). The SMILES string of the molecule is O=C(Cc1cc([N+](=O)[O-])cc([N+](=O)[O-])c1Nc1c(Cl)cc([N+](=O)[O-])cc1Cl)NCCO[N+](=O)[O-]. The van der Waals surface area contributed by atoms with E-state index in [2.05, 4.69) is 15.5 Å². The molecule has 16 nitrogen and oxygen atoms in total. The highest BCUT2D eigenvalue weighted by Gasteiger charge is 2.27. The average molecular weight is 519 g/mol. The van der Waals surface area contributed by atoms with Gasteiger partial charge in [-0.2, -0.15) is 0 Å². The van der Waals surface area contributed by atoms with Crippen LogP contribution in [0.5, 0.6) is 0 Å². The van der Waals surface area contributed by atoms with Crippen molar-refractivity contribution < 1.29 is 29.5 Å². The molecule has 0 atom stereocenters. The van der Waals surface area contributed by atoms with Gasteiger partial charge >= 0.3 is 0 Å². The van der Waals surface area contributed by atoms with Crippen molar-refractivity contribution in [1.29, 1.82) is 0 Å². The number of non-ortho nitro benzene ring substituents is 2. The summed E-state index contributed by atoms with van der Waals surface area (Å²) >= 11 is 12.1.